The van der Waals surface area contributed by atoms with E-state index >= 15 is 0 Å². The number of amides is 3. The third-order valence-corrected chi connectivity index (χ3v) is 8.22. The van der Waals surface area contributed by atoms with Crippen molar-refractivity contribution in [1.82, 2.24) is 25.2 Å². The molecule has 0 aromatic heterocycles. The summed E-state index contributed by atoms with van der Waals surface area (Å²) in [5.74, 6) is -0.792. The van der Waals surface area contributed by atoms with Crippen LogP contribution < -0.4 is 5.32 Å². The largest absolute Gasteiger partial charge is 0.360 e. The Balaban J connectivity index is 1.35. The van der Waals surface area contributed by atoms with E-state index < -0.39 is 4.65 Å². The highest BCUT2D eigenvalue weighted by Gasteiger charge is 2.39. The second-order valence-corrected chi connectivity index (χ2v) is 12.0. The fraction of sp³-hybridized carbons (Fsp3) is 0.417. The summed E-state index contributed by atoms with van der Waals surface area (Å²) in [5, 5.41) is 5.86. The molecule has 258 valence electrons. The van der Waals surface area contributed by atoms with Crippen molar-refractivity contribution in [3.05, 3.63) is 108 Å². The van der Waals surface area contributed by atoms with Crippen molar-refractivity contribution in [2.45, 2.75) is 19.8 Å². The van der Waals surface area contributed by atoms with Gasteiger partial charge in [-0.1, -0.05) is 91.0 Å². The molecule has 12 heteroatoms. The highest BCUT2D eigenvalue weighted by Crippen LogP contribution is 2.14. The molecule has 4 rings (SSSR count). The Morgan fingerprint density at radius 2 is 1.08 bits per heavy atom. The molecule has 1 heterocycles. The molecule has 12 nitrogen and oxygen atoms in total. The average molecular weight is 662 g/mol. The van der Waals surface area contributed by atoms with Crippen LogP contribution in [0.1, 0.15) is 16.7 Å². The number of carbonyl (C=O) groups excluding carboxylic acids is 3. The molecule has 0 spiro atoms. The van der Waals surface area contributed by atoms with Crippen molar-refractivity contribution in [1.29, 1.82) is 0 Å². The second kappa shape index (κ2) is 19.1. The van der Waals surface area contributed by atoms with Crippen molar-refractivity contribution in [3.63, 3.8) is 0 Å². The van der Waals surface area contributed by atoms with Crippen LogP contribution in [0.4, 0.5) is 0 Å². The molecule has 0 aliphatic carbocycles. The van der Waals surface area contributed by atoms with Gasteiger partial charge >= 0.3 is 11.8 Å². The molecule has 0 radical (unpaired) electrons. The molecule has 1 saturated heterocycles. The normalized spacial score (nSPS) is 15.8. The van der Waals surface area contributed by atoms with Gasteiger partial charge in [0.15, 0.2) is 6.54 Å². The lowest BCUT2D eigenvalue weighted by atomic mass is 10.2. The SMILES string of the molecule is CN(OCc1ccccc1)C(=O)CN1CCNCCN(CC(=O)[N+](C)(CC(=O)N(C)OCc2ccccc2)OCc2ccccc2)CC1. The Kier molecular flexibility index (Phi) is 14.7. The van der Waals surface area contributed by atoms with Crippen molar-refractivity contribution < 1.29 is 33.5 Å². The first-order chi connectivity index (χ1) is 23.2. The molecule has 0 saturated carbocycles. The first-order valence-electron chi connectivity index (χ1n) is 16.3. The van der Waals surface area contributed by atoms with Crippen molar-refractivity contribution in [3.8, 4) is 0 Å². The van der Waals surface area contributed by atoms with E-state index in [1.165, 1.54) is 10.1 Å². The second-order valence-electron chi connectivity index (χ2n) is 12.0. The lowest BCUT2D eigenvalue weighted by Gasteiger charge is -2.32. The quantitative estimate of drug-likeness (QED) is 0.194. The van der Waals surface area contributed by atoms with Crippen LogP contribution in [0.3, 0.4) is 0 Å². The average Bonchev–Trinajstić information content (AvgIpc) is 3.22. The number of hydrogen-bond donors (Lipinski definition) is 1. The summed E-state index contributed by atoms with van der Waals surface area (Å²) in [5.41, 5.74) is 2.80. The van der Waals surface area contributed by atoms with E-state index in [1.807, 2.05) is 95.9 Å². The highest BCUT2D eigenvalue weighted by molar-refractivity contribution is 5.79. The zero-order chi connectivity index (χ0) is 34.2. The van der Waals surface area contributed by atoms with Gasteiger partial charge in [0.25, 0.3) is 5.91 Å². The summed E-state index contributed by atoms with van der Waals surface area (Å²) in [4.78, 5) is 62.0. The lowest BCUT2D eigenvalue weighted by Crippen LogP contribution is -2.57. The Bertz CT molecular complexity index is 1420. The number of likely N-dealkylation sites (N-methyl/N-ethyl adjacent to an activating group) is 3. The molecular weight excluding hydrogens is 612 g/mol. The predicted octanol–water partition coefficient (Wildman–Crippen LogP) is 2.48. The van der Waals surface area contributed by atoms with Crippen LogP contribution in [0.25, 0.3) is 0 Å². The number of carbonyl (C=O) groups is 3. The fourth-order valence-corrected chi connectivity index (χ4v) is 5.04. The number of nitrogens with zero attached hydrogens (tertiary/aromatic N) is 5. The smallest absolute Gasteiger partial charge is 0.314 e. The van der Waals surface area contributed by atoms with Gasteiger partial charge in [0, 0.05) is 53.4 Å². The van der Waals surface area contributed by atoms with Gasteiger partial charge in [-0.05, 0) is 16.7 Å². The molecule has 0 bridgehead atoms. The van der Waals surface area contributed by atoms with E-state index in [-0.39, 0.29) is 50.6 Å². The number of quaternary nitrogens is 1. The zero-order valence-electron chi connectivity index (χ0n) is 28.3. The minimum Gasteiger partial charge on any atom is -0.314 e. The van der Waals surface area contributed by atoms with Gasteiger partial charge in [0.1, 0.15) is 33.4 Å². The highest BCUT2D eigenvalue weighted by atomic mass is 16.7. The molecule has 1 fully saturated rings. The maximum atomic E-state index is 14.0. The Morgan fingerprint density at radius 1 is 0.646 bits per heavy atom. The van der Waals surface area contributed by atoms with Crippen LogP contribution in [0.2, 0.25) is 0 Å². The third-order valence-electron chi connectivity index (χ3n) is 8.22. The van der Waals surface area contributed by atoms with E-state index in [1.54, 1.807) is 21.1 Å². The van der Waals surface area contributed by atoms with Gasteiger partial charge in [0.2, 0.25) is 0 Å². The van der Waals surface area contributed by atoms with Crippen LogP contribution in [-0.4, -0.2) is 122 Å². The van der Waals surface area contributed by atoms with Crippen LogP contribution in [-0.2, 0) is 48.7 Å². The van der Waals surface area contributed by atoms with Crippen molar-refractivity contribution in [2.24, 2.45) is 0 Å². The standard InChI is InChI=1S/C36H49N6O6/c1-38(46-28-31-13-7-4-8-14-31)34(43)25-40-21-19-37-20-22-41(24-23-40)26-36(45)42(3,48-30-33-17-11-6-12-18-33)27-35(44)39(2)47-29-32-15-9-5-10-16-32/h4-18,37H,19-30H2,1-3H3/q+1. The first-order valence-corrected chi connectivity index (χ1v) is 16.3. The zero-order valence-corrected chi connectivity index (χ0v) is 28.3. The van der Waals surface area contributed by atoms with Gasteiger partial charge in [-0.2, -0.15) is 4.84 Å². The minimum atomic E-state index is -0.553. The van der Waals surface area contributed by atoms with Gasteiger partial charge in [-0.3, -0.25) is 29.1 Å². The Hall–Kier alpha value is -4.01. The van der Waals surface area contributed by atoms with Gasteiger partial charge in [0.05, 0.1) is 6.54 Å². The molecule has 3 aromatic rings. The molecular formula is C36H49N6O6+. The van der Waals surface area contributed by atoms with E-state index in [2.05, 4.69) is 10.2 Å². The molecule has 1 aliphatic rings. The van der Waals surface area contributed by atoms with Crippen LogP contribution in [0.15, 0.2) is 91.0 Å². The van der Waals surface area contributed by atoms with Gasteiger partial charge in [-0.15, -0.1) is 4.65 Å². The van der Waals surface area contributed by atoms with E-state index in [9.17, 15) is 14.4 Å². The Labute approximate surface area is 283 Å². The number of hydrogen-bond acceptors (Lipinski definition) is 9. The summed E-state index contributed by atoms with van der Waals surface area (Å²) in [6.07, 6.45) is 0. The molecule has 3 aromatic carbocycles. The van der Waals surface area contributed by atoms with Gasteiger partial charge in [-0.25, -0.2) is 14.9 Å². The number of nitrogens with one attached hydrogen (secondary N) is 1. The summed E-state index contributed by atoms with van der Waals surface area (Å²) in [7, 11) is 4.80. The van der Waals surface area contributed by atoms with E-state index in [0.29, 0.717) is 45.9 Å². The number of hydroxylamine groups is 7. The third kappa shape index (κ3) is 12.2. The first kappa shape index (κ1) is 36.8. The van der Waals surface area contributed by atoms with E-state index in [0.717, 1.165) is 16.7 Å². The molecule has 1 aliphatic heterocycles. The minimum absolute atomic E-state index is 0.0662. The number of benzene rings is 3. The van der Waals surface area contributed by atoms with Gasteiger partial charge < -0.3 is 5.32 Å². The lowest BCUT2D eigenvalue weighted by molar-refractivity contribution is -1.03. The van der Waals surface area contributed by atoms with Crippen LogP contribution in [0, 0.1) is 0 Å². The Morgan fingerprint density at radius 3 is 1.58 bits per heavy atom. The summed E-state index contributed by atoms with van der Waals surface area (Å²) >= 11 is 0. The topological polar surface area (TPSA) is 104 Å². The van der Waals surface area contributed by atoms with Crippen LogP contribution in [0.5, 0.6) is 0 Å². The monoisotopic (exact) mass is 661 g/mol. The summed E-state index contributed by atoms with van der Waals surface area (Å²) in [6, 6.07) is 28.8. The molecule has 48 heavy (non-hydrogen) atoms. The maximum Gasteiger partial charge on any atom is 0.360 e. The molecule has 1 atom stereocenters. The summed E-state index contributed by atoms with van der Waals surface area (Å²) in [6.45, 7) is 4.53. The molecule has 1 N–H and O–H groups in total. The number of rotatable bonds is 15. The molecule has 3 amide bonds. The van der Waals surface area contributed by atoms with E-state index in [4.69, 9.17) is 14.5 Å². The molecule has 1 unspecified atom stereocenters. The predicted molar refractivity (Wildman–Crippen MR) is 181 cm³/mol. The maximum absolute atomic E-state index is 14.0. The van der Waals surface area contributed by atoms with Crippen molar-refractivity contribution >= 4 is 17.7 Å². The fourth-order valence-electron chi connectivity index (χ4n) is 5.04. The summed E-state index contributed by atoms with van der Waals surface area (Å²) < 4.78 is -0.553. The van der Waals surface area contributed by atoms with Crippen molar-refractivity contribution in [2.75, 3.05) is 80.0 Å². The van der Waals surface area contributed by atoms with Crippen LogP contribution >= 0.6 is 0 Å².